The van der Waals surface area contributed by atoms with Gasteiger partial charge >= 0.3 is 0 Å². The summed E-state index contributed by atoms with van der Waals surface area (Å²) >= 11 is 0. The van der Waals surface area contributed by atoms with E-state index in [0.717, 1.165) is 25.0 Å². The van der Waals surface area contributed by atoms with E-state index in [2.05, 4.69) is 29.1 Å². The van der Waals surface area contributed by atoms with Crippen molar-refractivity contribution in [3.8, 4) is 0 Å². The molecule has 3 heterocycles. The van der Waals surface area contributed by atoms with E-state index in [-0.39, 0.29) is 17.7 Å². The van der Waals surface area contributed by atoms with Gasteiger partial charge in [0.05, 0.1) is 5.69 Å². The summed E-state index contributed by atoms with van der Waals surface area (Å²) in [6, 6.07) is 1.76. The predicted molar refractivity (Wildman–Crippen MR) is 82.1 cm³/mol. The maximum absolute atomic E-state index is 12.6. The Labute approximate surface area is 135 Å². The zero-order valence-corrected chi connectivity index (χ0v) is 13.8. The van der Waals surface area contributed by atoms with Gasteiger partial charge in [-0.15, -0.1) is 0 Å². The van der Waals surface area contributed by atoms with E-state index in [1.54, 1.807) is 17.9 Å². The molecule has 0 spiro atoms. The molecule has 2 aromatic rings. The van der Waals surface area contributed by atoms with Crippen LogP contribution < -0.4 is 0 Å². The average molecular weight is 318 g/mol. The minimum absolute atomic E-state index is 0.113. The van der Waals surface area contributed by atoms with Gasteiger partial charge in [-0.25, -0.2) is 0 Å². The van der Waals surface area contributed by atoms with Crippen molar-refractivity contribution < 1.29 is 13.8 Å². The largest absolute Gasteiger partial charge is 0.351 e. The summed E-state index contributed by atoms with van der Waals surface area (Å²) in [5.74, 6) is 1.83. The molecule has 7 nitrogen and oxygen atoms in total. The van der Waals surface area contributed by atoms with Crippen molar-refractivity contribution in [2.24, 2.45) is 0 Å². The van der Waals surface area contributed by atoms with E-state index in [1.807, 2.05) is 0 Å². The molecule has 0 N–H and O–H groups in total. The SMILES string of the molecule is CC[C@@H](C)c1cc(C(=O)N2CCC[C@H](c3noc(C)n3)C2)on1. The first-order valence-electron chi connectivity index (χ1n) is 8.14. The van der Waals surface area contributed by atoms with Gasteiger partial charge in [-0.1, -0.05) is 24.2 Å². The van der Waals surface area contributed by atoms with Crippen molar-refractivity contribution in [2.45, 2.75) is 51.9 Å². The summed E-state index contributed by atoms with van der Waals surface area (Å²) in [6.45, 7) is 7.22. The first-order chi connectivity index (χ1) is 11.1. The zero-order chi connectivity index (χ0) is 16.4. The highest BCUT2D eigenvalue weighted by molar-refractivity contribution is 5.91. The fourth-order valence-corrected chi connectivity index (χ4v) is 2.84. The van der Waals surface area contributed by atoms with Crippen molar-refractivity contribution in [3.05, 3.63) is 29.2 Å². The van der Waals surface area contributed by atoms with Gasteiger partial charge in [-0.3, -0.25) is 4.79 Å². The number of amides is 1. The third-order valence-corrected chi connectivity index (χ3v) is 4.47. The van der Waals surface area contributed by atoms with Crippen LogP contribution in [0.2, 0.25) is 0 Å². The predicted octanol–water partition coefficient (Wildman–Crippen LogP) is 2.90. The molecule has 23 heavy (non-hydrogen) atoms. The normalized spacial score (nSPS) is 19.8. The Balaban J connectivity index is 1.70. The second-order valence-corrected chi connectivity index (χ2v) is 6.19. The van der Waals surface area contributed by atoms with E-state index in [0.29, 0.717) is 30.6 Å². The van der Waals surface area contributed by atoms with Crippen LogP contribution in [0.25, 0.3) is 0 Å². The second-order valence-electron chi connectivity index (χ2n) is 6.19. The first kappa shape index (κ1) is 15.7. The lowest BCUT2D eigenvalue weighted by atomic mass is 9.97. The van der Waals surface area contributed by atoms with Crippen molar-refractivity contribution >= 4 is 5.91 Å². The molecule has 2 aromatic heterocycles. The smallest absolute Gasteiger partial charge is 0.292 e. The van der Waals surface area contributed by atoms with Crippen LogP contribution in [0, 0.1) is 6.92 Å². The molecule has 0 aliphatic carbocycles. The van der Waals surface area contributed by atoms with Crippen molar-refractivity contribution in [3.63, 3.8) is 0 Å². The molecule has 1 aliphatic rings. The molecule has 0 aromatic carbocycles. The van der Waals surface area contributed by atoms with E-state index in [9.17, 15) is 4.79 Å². The highest BCUT2D eigenvalue weighted by Gasteiger charge is 2.30. The Bertz CT molecular complexity index is 678. The molecule has 0 unspecified atom stereocenters. The number of nitrogens with zero attached hydrogens (tertiary/aromatic N) is 4. The molecule has 1 fully saturated rings. The van der Waals surface area contributed by atoms with Crippen molar-refractivity contribution in [2.75, 3.05) is 13.1 Å². The molecule has 0 bridgehead atoms. The fourth-order valence-electron chi connectivity index (χ4n) is 2.84. The summed E-state index contributed by atoms with van der Waals surface area (Å²) in [7, 11) is 0. The first-order valence-corrected chi connectivity index (χ1v) is 8.14. The Morgan fingerprint density at radius 2 is 2.26 bits per heavy atom. The molecule has 0 radical (unpaired) electrons. The van der Waals surface area contributed by atoms with E-state index < -0.39 is 0 Å². The number of aromatic nitrogens is 3. The van der Waals surface area contributed by atoms with Gasteiger partial charge in [0.2, 0.25) is 11.7 Å². The molecule has 7 heteroatoms. The van der Waals surface area contributed by atoms with Crippen LogP contribution in [0.15, 0.2) is 15.1 Å². The maximum atomic E-state index is 12.6. The van der Waals surface area contributed by atoms with Crippen LogP contribution in [-0.2, 0) is 0 Å². The number of hydrogen-bond donors (Lipinski definition) is 0. The molecule has 1 saturated heterocycles. The second kappa shape index (κ2) is 6.52. The van der Waals surface area contributed by atoms with Crippen LogP contribution in [-0.4, -0.2) is 39.2 Å². The number of carbonyl (C=O) groups excluding carboxylic acids is 1. The molecule has 2 atom stereocenters. The van der Waals surface area contributed by atoms with Crippen LogP contribution in [0.3, 0.4) is 0 Å². The van der Waals surface area contributed by atoms with Crippen LogP contribution >= 0.6 is 0 Å². The number of likely N-dealkylation sites (tertiary alicyclic amines) is 1. The standard InChI is InChI=1S/C16H22N4O3/c1-4-10(2)13-8-14(23-18-13)16(21)20-7-5-6-12(9-20)15-17-11(3)22-19-15/h8,10,12H,4-7,9H2,1-3H3/t10-,12+/m1/s1. The number of carbonyl (C=O) groups is 1. The highest BCUT2D eigenvalue weighted by Crippen LogP contribution is 2.26. The third kappa shape index (κ3) is 3.28. The van der Waals surface area contributed by atoms with Gasteiger partial charge in [0, 0.05) is 37.9 Å². The monoisotopic (exact) mass is 318 g/mol. The number of hydrogen-bond acceptors (Lipinski definition) is 6. The number of aryl methyl sites for hydroxylation is 1. The quantitative estimate of drug-likeness (QED) is 0.861. The van der Waals surface area contributed by atoms with Gasteiger partial charge in [0.25, 0.3) is 5.91 Å². The molecule has 1 aliphatic heterocycles. The molecule has 124 valence electrons. The Kier molecular flexibility index (Phi) is 4.45. The van der Waals surface area contributed by atoms with E-state index in [1.165, 1.54) is 0 Å². The van der Waals surface area contributed by atoms with Gasteiger partial charge in [-0.2, -0.15) is 4.98 Å². The van der Waals surface area contributed by atoms with Crippen molar-refractivity contribution in [1.29, 1.82) is 0 Å². The van der Waals surface area contributed by atoms with Crippen LogP contribution in [0.5, 0.6) is 0 Å². The lowest BCUT2D eigenvalue weighted by Gasteiger charge is -2.30. The van der Waals surface area contributed by atoms with Crippen LogP contribution in [0.1, 0.15) is 72.9 Å². The Morgan fingerprint density at radius 1 is 1.43 bits per heavy atom. The summed E-state index contributed by atoms with van der Waals surface area (Å²) in [6.07, 6.45) is 2.83. The molecule has 0 saturated carbocycles. The highest BCUT2D eigenvalue weighted by atomic mass is 16.5. The van der Waals surface area contributed by atoms with E-state index in [4.69, 9.17) is 9.05 Å². The number of piperidine rings is 1. The topological polar surface area (TPSA) is 85.3 Å². The van der Waals surface area contributed by atoms with E-state index >= 15 is 0 Å². The summed E-state index contributed by atoms with van der Waals surface area (Å²) < 4.78 is 10.3. The van der Waals surface area contributed by atoms with Crippen LogP contribution in [0.4, 0.5) is 0 Å². The number of rotatable bonds is 4. The average Bonchev–Trinajstić information content (AvgIpc) is 3.23. The maximum Gasteiger partial charge on any atom is 0.292 e. The fraction of sp³-hybridized carbons (Fsp3) is 0.625. The third-order valence-electron chi connectivity index (χ3n) is 4.47. The lowest BCUT2D eigenvalue weighted by Crippen LogP contribution is -2.39. The van der Waals surface area contributed by atoms with Gasteiger partial charge in [0.15, 0.2) is 5.82 Å². The molecule has 1 amide bonds. The minimum atomic E-state index is -0.114. The van der Waals surface area contributed by atoms with Crippen molar-refractivity contribution in [1.82, 2.24) is 20.2 Å². The lowest BCUT2D eigenvalue weighted by molar-refractivity contribution is 0.0661. The summed E-state index contributed by atoms with van der Waals surface area (Å²) in [5.41, 5.74) is 0.832. The zero-order valence-electron chi connectivity index (χ0n) is 13.8. The van der Waals surface area contributed by atoms with Gasteiger partial charge in [-0.05, 0) is 19.3 Å². The molecular formula is C16H22N4O3. The summed E-state index contributed by atoms with van der Waals surface area (Å²) in [4.78, 5) is 18.7. The Hall–Kier alpha value is -2.18. The van der Waals surface area contributed by atoms with Gasteiger partial charge < -0.3 is 13.9 Å². The van der Waals surface area contributed by atoms with Gasteiger partial charge in [0.1, 0.15) is 0 Å². The molecule has 3 rings (SSSR count). The minimum Gasteiger partial charge on any atom is -0.351 e. The Morgan fingerprint density at radius 3 is 2.96 bits per heavy atom. The molecular weight excluding hydrogens is 296 g/mol. The summed E-state index contributed by atoms with van der Waals surface area (Å²) in [5, 5.41) is 8.01.